The van der Waals surface area contributed by atoms with Gasteiger partial charge in [-0.05, 0) is 24.7 Å². The van der Waals surface area contributed by atoms with Crippen LogP contribution in [0, 0.1) is 0 Å². The fraction of sp³-hybridized carbons (Fsp3) is 0.500. The van der Waals surface area contributed by atoms with Crippen LogP contribution in [0.4, 0.5) is 0 Å². The van der Waals surface area contributed by atoms with Gasteiger partial charge in [-0.15, -0.1) is 0 Å². The highest BCUT2D eigenvalue weighted by Gasteiger charge is 2.07. The van der Waals surface area contributed by atoms with Crippen molar-refractivity contribution in [3.8, 4) is 11.5 Å². The van der Waals surface area contributed by atoms with Crippen molar-refractivity contribution >= 4 is 9.84 Å². The van der Waals surface area contributed by atoms with Crippen LogP contribution < -0.4 is 14.8 Å². The molecule has 0 radical (unpaired) electrons. The summed E-state index contributed by atoms with van der Waals surface area (Å²) in [6, 6.07) is 5.56. The van der Waals surface area contributed by atoms with E-state index in [9.17, 15) is 8.42 Å². The molecular weight excluding hydrogens is 254 g/mol. The Morgan fingerprint density at radius 3 is 2.56 bits per heavy atom. The minimum absolute atomic E-state index is 0.00553. The van der Waals surface area contributed by atoms with Crippen LogP contribution in [-0.2, 0) is 16.4 Å². The maximum atomic E-state index is 11.0. The van der Waals surface area contributed by atoms with Gasteiger partial charge in [-0.25, -0.2) is 8.42 Å². The van der Waals surface area contributed by atoms with E-state index in [0.29, 0.717) is 11.5 Å². The van der Waals surface area contributed by atoms with Crippen molar-refractivity contribution in [2.75, 3.05) is 32.8 Å². The van der Waals surface area contributed by atoms with Gasteiger partial charge >= 0.3 is 0 Å². The Labute approximate surface area is 108 Å². The Balaban J connectivity index is 2.70. The number of hydrogen-bond acceptors (Lipinski definition) is 5. The lowest BCUT2D eigenvalue weighted by atomic mass is 10.2. The molecule has 0 atom stereocenters. The summed E-state index contributed by atoms with van der Waals surface area (Å²) in [5.74, 6) is 1.16. The summed E-state index contributed by atoms with van der Waals surface area (Å²) in [5, 5.41) is 3.04. The molecule has 1 N–H and O–H groups in total. The number of benzene rings is 1. The average Bonchev–Trinajstić information content (AvgIpc) is 2.29. The van der Waals surface area contributed by atoms with Gasteiger partial charge in [0.25, 0.3) is 0 Å². The molecule has 0 spiro atoms. The van der Waals surface area contributed by atoms with Crippen molar-refractivity contribution in [3.05, 3.63) is 23.8 Å². The van der Waals surface area contributed by atoms with Crippen molar-refractivity contribution in [2.24, 2.45) is 0 Å². The van der Waals surface area contributed by atoms with E-state index < -0.39 is 9.84 Å². The molecule has 0 unspecified atom stereocenters. The maximum absolute atomic E-state index is 11.0. The number of methoxy groups -OCH3 is 1. The van der Waals surface area contributed by atoms with Gasteiger partial charge in [-0.3, -0.25) is 0 Å². The second-order valence-electron chi connectivity index (χ2n) is 3.99. The molecule has 0 aromatic heterocycles. The molecule has 0 saturated carbocycles. The SMILES string of the molecule is CNCc1ccc(OCCS(C)(=O)=O)c(OC)c1. The van der Waals surface area contributed by atoms with Crippen molar-refractivity contribution in [1.29, 1.82) is 0 Å². The lowest BCUT2D eigenvalue weighted by Crippen LogP contribution is -2.12. The molecular formula is C12H19NO4S. The summed E-state index contributed by atoms with van der Waals surface area (Å²) >= 11 is 0. The van der Waals surface area contributed by atoms with Crippen LogP contribution in [0.2, 0.25) is 0 Å². The predicted molar refractivity (Wildman–Crippen MR) is 71.0 cm³/mol. The summed E-state index contributed by atoms with van der Waals surface area (Å²) in [4.78, 5) is 0. The number of hydrogen-bond donors (Lipinski definition) is 1. The van der Waals surface area contributed by atoms with Gasteiger partial charge in [0.05, 0.1) is 12.9 Å². The zero-order valence-electron chi connectivity index (χ0n) is 10.9. The van der Waals surface area contributed by atoms with Crippen molar-refractivity contribution in [1.82, 2.24) is 5.32 Å². The summed E-state index contributed by atoms with van der Waals surface area (Å²) in [6.45, 7) is 0.862. The van der Waals surface area contributed by atoms with Gasteiger partial charge in [-0.2, -0.15) is 0 Å². The zero-order valence-corrected chi connectivity index (χ0v) is 11.7. The smallest absolute Gasteiger partial charge is 0.161 e. The number of sulfone groups is 1. The third kappa shape index (κ3) is 4.93. The third-order valence-corrected chi connectivity index (χ3v) is 3.23. The van der Waals surface area contributed by atoms with Crippen molar-refractivity contribution in [2.45, 2.75) is 6.54 Å². The number of rotatable bonds is 7. The fourth-order valence-corrected chi connectivity index (χ4v) is 1.83. The summed E-state index contributed by atoms with van der Waals surface area (Å²) in [6.07, 6.45) is 1.18. The predicted octanol–water partition coefficient (Wildman–Crippen LogP) is 0.838. The Bertz CT molecular complexity index is 485. The molecule has 102 valence electrons. The minimum Gasteiger partial charge on any atom is -0.493 e. The van der Waals surface area contributed by atoms with Crippen molar-refractivity contribution < 1.29 is 17.9 Å². The van der Waals surface area contributed by atoms with Gasteiger partial charge in [0.1, 0.15) is 6.61 Å². The van der Waals surface area contributed by atoms with E-state index >= 15 is 0 Å². The lowest BCUT2D eigenvalue weighted by molar-refractivity contribution is 0.311. The van der Waals surface area contributed by atoms with Crippen LogP contribution >= 0.6 is 0 Å². The van der Waals surface area contributed by atoms with E-state index in [-0.39, 0.29) is 12.4 Å². The molecule has 0 bridgehead atoms. The molecule has 1 rings (SSSR count). The molecule has 0 fully saturated rings. The van der Waals surface area contributed by atoms with Crippen LogP contribution in [0.15, 0.2) is 18.2 Å². The maximum Gasteiger partial charge on any atom is 0.161 e. The lowest BCUT2D eigenvalue weighted by Gasteiger charge is -2.11. The monoisotopic (exact) mass is 273 g/mol. The molecule has 0 amide bonds. The molecule has 5 nitrogen and oxygen atoms in total. The summed E-state index contributed by atoms with van der Waals surface area (Å²) < 4.78 is 32.6. The first-order chi connectivity index (χ1) is 8.46. The Hall–Kier alpha value is -1.27. The van der Waals surface area contributed by atoms with Gasteiger partial charge in [0, 0.05) is 12.8 Å². The zero-order chi connectivity index (χ0) is 13.6. The third-order valence-electron chi connectivity index (χ3n) is 2.32. The molecule has 18 heavy (non-hydrogen) atoms. The molecule has 1 aromatic carbocycles. The van der Waals surface area contributed by atoms with E-state index in [1.807, 2.05) is 19.2 Å². The minimum atomic E-state index is -3.01. The summed E-state index contributed by atoms with van der Waals surface area (Å²) in [7, 11) is 0.415. The van der Waals surface area contributed by atoms with Crippen LogP contribution in [0.3, 0.4) is 0 Å². The average molecular weight is 273 g/mol. The first kappa shape index (κ1) is 14.8. The van der Waals surface area contributed by atoms with Gasteiger partial charge in [-0.1, -0.05) is 6.07 Å². The Morgan fingerprint density at radius 2 is 2.00 bits per heavy atom. The van der Waals surface area contributed by atoms with E-state index in [0.717, 1.165) is 12.1 Å². The van der Waals surface area contributed by atoms with Crippen LogP contribution in [0.1, 0.15) is 5.56 Å². The molecule has 0 aliphatic rings. The molecule has 1 aromatic rings. The molecule has 0 aliphatic carbocycles. The molecule has 0 saturated heterocycles. The second-order valence-corrected chi connectivity index (χ2v) is 6.25. The number of ether oxygens (including phenoxy) is 2. The van der Waals surface area contributed by atoms with Crippen molar-refractivity contribution in [3.63, 3.8) is 0 Å². The molecule has 0 heterocycles. The highest BCUT2D eigenvalue weighted by molar-refractivity contribution is 7.90. The highest BCUT2D eigenvalue weighted by Crippen LogP contribution is 2.27. The molecule has 0 aliphatic heterocycles. The standard InChI is InChI=1S/C12H19NO4S/c1-13-9-10-4-5-11(12(8-10)16-2)17-6-7-18(3,14)15/h4-5,8,13H,6-7,9H2,1-3H3. The normalized spacial score (nSPS) is 11.3. The van der Waals surface area contributed by atoms with E-state index in [1.54, 1.807) is 13.2 Å². The highest BCUT2D eigenvalue weighted by atomic mass is 32.2. The first-order valence-electron chi connectivity index (χ1n) is 5.58. The topological polar surface area (TPSA) is 64.6 Å². The first-order valence-corrected chi connectivity index (χ1v) is 7.64. The van der Waals surface area contributed by atoms with Gasteiger partial charge < -0.3 is 14.8 Å². The van der Waals surface area contributed by atoms with E-state index in [4.69, 9.17) is 9.47 Å². The molecule has 6 heteroatoms. The Kier molecular flexibility index (Phi) is 5.43. The van der Waals surface area contributed by atoms with Crippen LogP contribution in [0.5, 0.6) is 11.5 Å². The van der Waals surface area contributed by atoms with E-state index in [1.165, 1.54) is 6.26 Å². The second kappa shape index (κ2) is 6.61. The quantitative estimate of drug-likeness (QED) is 0.797. The number of nitrogens with one attached hydrogen (secondary N) is 1. The fourth-order valence-electron chi connectivity index (χ4n) is 1.45. The van der Waals surface area contributed by atoms with Gasteiger partial charge in [0.15, 0.2) is 21.3 Å². The Morgan fingerprint density at radius 1 is 1.28 bits per heavy atom. The van der Waals surface area contributed by atoms with E-state index in [2.05, 4.69) is 5.32 Å². The van der Waals surface area contributed by atoms with Crippen LogP contribution in [0.25, 0.3) is 0 Å². The van der Waals surface area contributed by atoms with Crippen LogP contribution in [-0.4, -0.2) is 41.2 Å². The van der Waals surface area contributed by atoms with Gasteiger partial charge in [0.2, 0.25) is 0 Å². The largest absolute Gasteiger partial charge is 0.493 e. The summed E-state index contributed by atoms with van der Waals surface area (Å²) in [5.41, 5.74) is 1.07.